The van der Waals surface area contributed by atoms with Crippen LogP contribution >= 0.6 is 0 Å². The average Bonchev–Trinajstić information content (AvgIpc) is 2.30. The lowest BCUT2D eigenvalue weighted by Crippen LogP contribution is -2.32. The molecule has 1 aliphatic rings. The molecule has 1 fully saturated rings. The van der Waals surface area contributed by atoms with Crippen LogP contribution in [0, 0.1) is 5.41 Å². The SMILES string of the molecule is CC(C)(CO)CO.CN(C)C1CCC(=O)CC1. The van der Waals surface area contributed by atoms with E-state index in [0.717, 1.165) is 25.7 Å². The van der Waals surface area contributed by atoms with Gasteiger partial charge in [0.1, 0.15) is 5.78 Å². The van der Waals surface area contributed by atoms with Crippen molar-refractivity contribution in [1.29, 1.82) is 0 Å². The predicted octanol–water partition coefficient (Wildman–Crippen LogP) is 1.06. The van der Waals surface area contributed by atoms with Gasteiger partial charge in [-0.1, -0.05) is 13.8 Å². The number of Topliss-reactive ketones (excluding diaryl/α,β-unsaturated/α-hetero) is 1. The van der Waals surface area contributed by atoms with E-state index in [9.17, 15) is 4.79 Å². The van der Waals surface area contributed by atoms with E-state index in [4.69, 9.17) is 10.2 Å². The van der Waals surface area contributed by atoms with Gasteiger partial charge in [-0.15, -0.1) is 0 Å². The molecule has 1 rings (SSSR count). The van der Waals surface area contributed by atoms with Crippen LogP contribution < -0.4 is 0 Å². The molecule has 0 aliphatic heterocycles. The maximum Gasteiger partial charge on any atom is 0.133 e. The van der Waals surface area contributed by atoms with Crippen molar-refractivity contribution in [2.45, 2.75) is 45.6 Å². The van der Waals surface area contributed by atoms with Crippen LogP contribution in [0.3, 0.4) is 0 Å². The number of nitrogens with zero attached hydrogens (tertiary/aromatic N) is 1. The summed E-state index contributed by atoms with van der Waals surface area (Å²) in [6.07, 6.45) is 3.71. The van der Waals surface area contributed by atoms with Gasteiger partial charge in [-0.3, -0.25) is 4.79 Å². The molecule has 0 bridgehead atoms. The second-order valence-electron chi connectivity index (χ2n) is 5.71. The Hall–Kier alpha value is -0.450. The Balaban J connectivity index is 0.000000325. The molecular formula is C13H27NO3. The zero-order chi connectivity index (χ0) is 13.5. The first kappa shape index (κ1) is 16.6. The van der Waals surface area contributed by atoms with Crippen molar-refractivity contribution in [3.8, 4) is 0 Å². The third-order valence-corrected chi connectivity index (χ3v) is 3.10. The Labute approximate surface area is 105 Å². The molecule has 0 radical (unpaired) electrons. The van der Waals surface area contributed by atoms with E-state index in [0.29, 0.717) is 11.8 Å². The molecule has 4 heteroatoms. The molecule has 1 aliphatic carbocycles. The molecule has 0 aromatic heterocycles. The highest BCUT2D eigenvalue weighted by Gasteiger charge is 2.19. The molecule has 17 heavy (non-hydrogen) atoms. The number of hydrogen-bond donors (Lipinski definition) is 2. The van der Waals surface area contributed by atoms with Crippen molar-refractivity contribution in [3.05, 3.63) is 0 Å². The van der Waals surface area contributed by atoms with Crippen molar-refractivity contribution < 1.29 is 15.0 Å². The van der Waals surface area contributed by atoms with Crippen LogP contribution in [-0.2, 0) is 4.79 Å². The highest BCUT2D eigenvalue weighted by molar-refractivity contribution is 5.79. The summed E-state index contributed by atoms with van der Waals surface area (Å²) in [5.74, 6) is 0.443. The smallest absolute Gasteiger partial charge is 0.133 e. The summed E-state index contributed by atoms with van der Waals surface area (Å²) in [7, 11) is 4.17. The van der Waals surface area contributed by atoms with Crippen molar-refractivity contribution in [1.82, 2.24) is 4.90 Å². The summed E-state index contributed by atoms with van der Waals surface area (Å²) in [6.45, 7) is 3.69. The summed E-state index contributed by atoms with van der Waals surface area (Å²) in [5.41, 5.74) is -0.306. The maximum absolute atomic E-state index is 10.8. The molecule has 0 amide bonds. The van der Waals surface area contributed by atoms with Crippen molar-refractivity contribution in [2.24, 2.45) is 5.41 Å². The van der Waals surface area contributed by atoms with Crippen molar-refractivity contribution in [3.63, 3.8) is 0 Å². The second-order valence-corrected chi connectivity index (χ2v) is 5.71. The van der Waals surface area contributed by atoms with E-state index in [2.05, 4.69) is 19.0 Å². The first-order chi connectivity index (χ1) is 7.82. The molecule has 0 aromatic rings. The number of carbonyl (C=O) groups is 1. The average molecular weight is 245 g/mol. The van der Waals surface area contributed by atoms with Gasteiger partial charge >= 0.3 is 0 Å². The normalized spacial score (nSPS) is 17.9. The zero-order valence-electron chi connectivity index (χ0n) is 11.6. The molecule has 0 spiro atoms. The molecule has 0 unspecified atom stereocenters. The predicted molar refractivity (Wildman–Crippen MR) is 68.9 cm³/mol. The monoisotopic (exact) mass is 245 g/mol. The van der Waals surface area contributed by atoms with Gasteiger partial charge in [-0.2, -0.15) is 0 Å². The van der Waals surface area contributed by atoms with Gasteiger partial charge < -0.3 is 15.1 Å². The van der Waals surface area contributed by atoms with Crippen LogP contribution in [0.5, 0.6) is 0 Å². The minimum atomic E-state index is -0.306. The topological polar surface area (TPSA) is 60.8 Å². The Kier molecular flexibility index (Phi) is 7.59. The van der Waals surface area contributed by atoms with E-state index in [1.165, 1.54) is 0 Å². The molecule has 0 aromatic carbocycles. The molecule has 0 saturated heterocycles. The zero-order valence-corrected chi connectivity index (χ0v) is 11.6. The first-order valence-electron chi connectivity index (χ1n) is 6.22. The summed E-state index contributed by atoms with van der Waals surface area (Å²) in [6, 6.07) is 0.651. The van der Waals surface area contributed by atoms with E-state index in [-0.39, 0.29) is 18.6 Å². The number of aliphatic hydroxyl groups is 2. The fourth-order valence-corrected chi connectivity index (χ4v) is 1.49. The van der Waals surface area contributed by atoms with Crippen LogP contribution in [0.1, 0.15) is 39.5 Å². The summed E-state index contributed by atoms with van der Waals surface area (Å²) < 4.78 is 0. The largest absolute Gasteiger partial charge is 0.396 e. The second kappa shape index (κ2) is 7.80. The molecule has 1 saturated carbocycles. The molecule has 4 nitrogen and oxygen atoms in total. The van der Waals surface area contributed by atoms with Gasteiger partial charge in [0.2, 0.25) is 0 Å². The van der Waals surface area contributed by atoms with Gasteiger partial charge in [-0.25, -0.2) is 0 Å². The highest BCUT2D eigenvalue weighted by atomic mass is 16.3. The van der Waals surface area contributed by atoms with Crippen LogP contribution in [-0.4, -0.2) is 54.2 Å². The minimum Gasteiger partial charge on any atom is -0.396 e. The van der Waals surface area contributed by atoms with Crippen LogP contribution in [0.4, 0.5) is 0 Å². The number of ketones is 1. The maximum atomic E-state index is 10.8. The number of aliphatic hydroxyl groups excluding tert-OH is 2. The fourth-order valence-electron chi connectivity index (χ4n) is 1.49. The van der Waals surface area contributed by atoms with Gasteiger partial charge in [0.05, 0.1) is 13.2 Å². The fraction of sp³-hybridized carbons (Fsp3) is 0.923. The van der Waals surface area contributed by atoms with Gasteiger partial charge in [0, 0.05) is 24.3 Å². The van der Waals surface area contributed by atoms with E-state index < -0.39 is 0 Å². The molecular weight excluding hydrogens is 218 g/mol. The van der Waals surface area contributed by atoms with E-state index >= 15 is 0 Å². The third kappa shape index (κ3) is 7.47. The van der Waals surface area contributed by atoms with Gasteiger partial charge in [0.25, 0.3) is 0 Å². The summed E-state index contributed by atoms with van der Waals surface area (Å²) in [4.78, 5) is 13.0. The molecule has 0 atom stereocenters. The third-order valence-electron chi connectivity index (χ3n) is 3.10. The Morgan fingerprint density at radius 1 is 1.18 bits per heavy atom. The molecule has 0 heterocycles. The minimum absolute atomic E-state index is 0.0451. The number of hydrogen-bond acceptors (Lipinski definition) is 4. The standard InChI is InChI=1S/C8H15NO.C5H12O2/c1-9(2)7-3-5-8(10)6-4-7;1-5(2,3-6)4-7/h7H,3-6H2,1-2H3;6-7H,3-4H2,1-2H3. The lowest BCUT2D eigenvalue weighted by atomic mass is 9.94. The highest BCUT2D eigenvalue weighted by Crippen LogP contribution is 2.17. The van der Waals surface area contributed by atoms with Crippen LogP contribution in [0.15, 0.2) is 0 Å². The Morgan fingerprint density at radius 2 is 1.59 bits per heavy atom. The summed E-state index contributed by atoms with van der Waals surface area (Å²) in [5, 5.41) is 16.9. The lowest BCUT2D eigenvalue weighted by molar-refractivity contribution is -0.121. The van der Waals surface area contributed by atoms with Crippen molar-refractivity contribution in [2.75, 3.05) is 27.3 Å². The van der Waals surface area contributed by atoms with E-state index in [1.54, 1.807) is 13.8 Å². The summed E-state index contributed by atoms with van der Waals surface area (Å²) >= 11 is 0. The van der Waals surface area contributed by atoms with Gasteiger partial charge in [0.15, 0.2) is 0 Å². The van der Waals surface area contributed by atoms with Crippen molar-refractivity contribution >= 4 is 5.78 Å². The number of carbonyl (C=O) groups excluding carboxylic acids is 1. The Bertz CT molecular complexity index is 211. The van der Waals surface area contributed by atoms with Gasteiger partial charge in [-0.05, 0) is 26.9 Å². The quantitative estimate of drug-likeness (QED) is 0.780. The molecule has 2 N–H and O–H groups in total. The van der Waals surface area contributed by atoms with E-state index in [1.807, 2.05) is 0 Å². The van der Waals surface area contributed by atoms with Crippen LogP contribution in [0.25, 0.3) is 0 Å². The first-order valence-corrected chi connectivity index (χ1v) is 6.22. The van der Waals surface area contributed by atoms with Crippen LogP contribution in [0.2, 0.25) is 0 Å². The Morgan fingerprint density at radius 3 is 1.82 bits per heavy atom. The lowest BCUT2D eigenvalue weighted by Gasteiger charge is -2.26. The molecule has 102 valence electrons. The number of rotatable bonds is 3.